The van der Waals surface area contributed by atoms with Gasteiger partial charge in [-0.15, -0.1) is 0 Å². The number of hydrogen-bond acceptors (Lipinski definition) is 2. The molecule has 0 bridgehead atoms. The molecule has 0 aromatic heterocycles. The number of nitrogens with zero attached hydrogens (tertiary/aromatic N) is 2. The van der Waals surface area contributed by atoms with Crippen molar-refractivity contribution in [2.24, 2.45) is 5.92 Å². The van der Waals surface area contributed by atoms with Gasteiger partial charge in [0, 0.05) is 12.1 Å². The van der Waals surface area contributed by atoms with Crippen molar-refractivity contribution in [3.63, 3.8) is 0 Å². The van der Waals surface area contributed by atoms with E-state index in [9.17, 15) is 0 Å². The fourth-order valence-electron chi connectivity index (χ4n) is 5.43. The van der Waals surface area contributed by atoms with E-state index in [4.69, 9.17) is 0 Å². The lowest BCUT2D eigenvalue weighted by molar-refractivity contribution is 0.0551. The summed E-state index contributed by atoms with van der Waals surface area (Å²) in [5.74, 6) is 0.836. The molecule has 0 radical (unpaired) electrons. The fourth-order valence-corrected chi connectivity index (χ4v) is 5.43. The van der Waals surface area contributed by atoms with Gasteiger partial charge in [0.05, 0.1) is 0 Å². The first-order valence-corrected chi connectivity index (χ1v) is 9.96. The van der Waals surface area contributed by atoms with Crippen molar-refractivity contribution in [1.29, 1.82) is 0 Å². The molecule has 126 valence electrons. The summed E-state index contributed by atoms with van der Waals surface area (Å²) in [4.78, 5) is 5.66. The van der Waals surface area contributed by atoms with Crippen molar-refractivity contribution < 1.29 is 0 Å². The Labute approximate surface area is 141 Å². The van der Waals surface area contributed by atoms with Crippen LogP contribution in [0.25, 0.3) is 0 Å². The highest BCUT2D eigenvalue weighted by molar-refractivity contribution is 5.21. The summed E-state index contributed by atoms with van der Waals surface area (Å²) >= 11 is 0. The Balaban J connectivity index is 1.62. The quantitative estimate of drug-likeness (QED) is 0.809. The van der Waals surface area contributed by atoms with E-state index in [1.807, 2.05) is 0 Å². The molecule has 3 fully saturated rings. The Morgan fingerprint density at radius 2 is 1.39 bits per heavy atom. The van der Waals surface area contributed by atoms with Crippen LogP contribution in [-0.2, 0) is 0 Å². The average molecular weight is 313 g/mol. The monoisotopic (exact) mass is 312 g/mol. The Kier molecular flexibility index (Phi) is 5.01. The Bertz CT molecular complexity index is 474. The van der Waals surface area contributed by atoms with Crippen LogP contribution < -0.4 is 0 Å². The third kappa shape index (κ3) is 3.34. The molecule has 3 aliphatic rings. The van der Waals surface area contributed by atoms with Crippen molar-refractivity contribution in [2.75, 3.05) is 26.2 Å². The van der Waals surface area contributed by atoms with Gasteiger partial charge >= 0.3 is 0 Å². The third-order valence-corrected chi connectivity index (χ3v) is 6.47. The summed E-state index contributed by atoms with van der Waals surface area (Å²) in [6.45, 7) is 5.32. The first-order valence-electron chi connectivity index (χ1n) is 9.96. The van der Waals surface area contributed by atoms with Crippen LogP contribution in [0.15, 0.2) is 30.3 Å². The third-order valence-electron chi connectivity index (χ3n) is 6.47. The maximum absolute atomic E-state index is 2.84. The van der Waals surface area contributed by atoms with Gasteiger partial charge in [0.25, 0.3) is 0 Å². The normalized spacial score (nSPS) is 31.5. The molecule has 2 heteroatoms. The van der Waals surface area contributed by atoms with Crippen molar-refractivity contribution in [1.82, 2.24) is 9.80 Å². The maximum Gasteiger partial charge on any atom is 0.0391 e. The van der Waals surface area contributed by atoms with Crippen LogP contribution in [0.3, 0.4) is 0 Å². The van der Waals surface area contributed by atoms with Gasteiger partial charge in [-0.1, -0.05) is 43.2 Å². The molecule has 23 heavy (non-hydrogen) atoms. The van der Waals surface area contributed by atoms with E-state index in [0.29, 0.717) is 6.04 Å². The molecule has 4 rings (SSSR count). The molecule has 2 aliphatic heterocycles. The Hall–Kier alpha value is -0.860. The van der Waals surface area contributed by atoms with Crippen LogP contribution in [0.4, 0.5) is 0 Å². The Morgan fingerprint density at radius 1 is 0.739 bits per heavy atom. The van der Waals surface area contributed by atoms with Crippen molar-refractivity contribution in [3.8, 4) is 0 Å². The highest BCUT2D eigenvalue weighted by Crippen LogP contribution is 2.42. The van der Waals surface area contributed by atoms with Gasteiger partial charge in [0.15, 0.2) is 0 Å². The minimum Gasteiger partial charge on any atom is -0.300 e. The van der Waals surface area contributed by atoms with Crippen molar-refractivity contribution in [2.45, 2.75) is 63.5 Å². The molecular formula is C21H32N2. The number of likely N-dealkylation sites (tertiary alicyclic amines) is 2. The van der Waals surface area contributed by atoms with E-state index >= 15 is 0 Å². The number of hydrogen-bond donors (Lipinski definition) is 0. The molecule has 2 heterocycles. The molecule has 1 aromatic rings. The summed E-state index contributed by atoms with van der Waals surface area (Å²) in [5, 5.41) is 0. The highest BCUT2D eigenvalue weighted by Gasteiger charge is 2.39. The SMILES string of the molecule is c1ccc([C@H]([C@H]2CCCC[C@H]2N2CCCC2)N2CCCC2)cc1. The minimum atomic E-state index is 0.657. The van der Waals surface area contributed by atoms with Gasteiger partial charge in [0.2, 0.25) is 0 Å². The van der Waals surface area contributed by atoms with Gasteiger partial charge in [-0.2, -0.15) is 0 Å². The van der Waals surface area contributed by atoms with Gasteiger partial charge < -0.3 is 4.90 Å². The zero-order valence-corrected chi connectivity index (χ0v) is 14.5. The van der Waals surface area contributed by atoms with Gasteiger partial charge in [-0.05, 0) is 76.2 Å². The molecule has 2 nitrogen and oxygen atoms in total. The molecule has 0 unspecified atom stereocenters. The van der Waals surface area contributed by atoms with E-state index in [1.54, 1.807) is 5.56 Å². The van der Waals surface area contributed by atoms with E-state index < -0.39 is 0 Å². The summed E-state index contributed by atoms with van der Waals surface area (Å²) in [6, 6.07) is 12.9. The van der Waals surface area contributed by atoms with Gasteiger partial charge in [-0.25, -0.2) is 0 Å². The number of rotatable bonds is 4. The summed E-state index contributed by atoms with van der Waals surface area (Å²) in [5.41, 5.74) is 1.57. The zero-order valence-electron chi connectivity index (χ0n) is 14.5. The van der Waals surface area contributed by atoms with E-state index in [-0.39, 0.29) is 0 Å². The predicted octanol–water partition coefficient (Wildman–Crippen LogP) is 4.48. The van der Waals surface area contributed by atoms with Crippen LogP contribution in [-0.4, -0.2) is 42.0 Å². The molecule has 3 atom stereocenters. The predicted molar refractivity (Wildman–Crippen MR) is 96.5 cm³/mol. The summed E-state index contributed by atoms with van der Waals surface area (Å²) in [6.07, 6.45) is 11.4. The molecule has 1 aliphatic carbocycles. The summed E-state index contributed by atoms with van der Waals surface area (Å²) < 4.78 is 0. The van der Waals surface area contributed by atoms with Crippen LogP contribution in [0.2, 0.25) is 0 Å². The lowest BCUT2D eigenvalue weighted by Gasteiger charge is -2.45. The van der Waals surface area contributed by atoms with Crippen LogP contribution >= 0.6 is 0 Å². The number of benzene rings is 1. The second-order valence-corrected chi connectivity index (χ2v) is 7.86. The second kappa shape index (κ2) is 7.36. The molecule has 0 N–H and O–H groups in total. The lowest BCUT2D eigenvalue weighted by atomic mass is 9.76. The van der Waals surface area contributed by atoms with Crippen LogP contribution in [0, 0.1) is 5.92 Å². The van der Waals surface area contributed by atoms with E-state index in [2.05, 4.69) is 40.1 Å². The molecular weight excluding hydrogens is 280 g/mol. The maximum atomic E-state index is 2.84. The lowest BCUT2D eigenvalue weighted by Crippen LogP contribution is -2.46. The highest BCUT2D eigenvalue weighted by atomic mass is 15.2. The topological polar surface area (TPSA) is 6.48 Å². The second-order valence-electron chi connectivity index (χ2n) is 7.86. The summed E-state index contributed by atoms with van der Waals surface area (Å²) in [7, 11) is 0. The first kappa shape index (κ1) is 15.7. The average Bonchev–Trinajstić information content (AvgIpc) is 3.31. The molecule has 1 saturated carbocycles. The van der Waals surface area contributed by atoms with Crippen molar-refractivity contribution in [3.05, 3.63) is 35.9 Å². The van der Waals surface area contributed by atoms with Crippen LogP contribution in [0.1, 0.15) is 63.0 Å². The molecule has 2 saturated heterocycles. The van der Waals surface area contributed by atoms with E-state index in [0.717, 1.165) is 12.0 Å². The fraction of sp³-hybridized carbons (Fsp3) is 0.714. The zero-order chi connectivity index (χ0) is 15.5. The molecule has 1 aromatic carbocycles. The first-order chi connectivity index (χ1) is 11.4. The van der Waals surface area contributed by atoms with Crippen LogP contribution in [0.5, 0.6) is 0 Å². The van der Waals surface area contributed by atoms with Gasteiger partial charge in [-0.3, -0.25) is 4.90 Å². The minimum absolute atomic E-state index is 0.657. The largest absolute Gasteiger partial charge is 0.300 e. The van der Waals surface area contributed by atoms with Gasteiger partial charge in [0.1, 0.15) is 0 Å². The Morgan fingerprint density at radius 3 is 2.13 bits per heavy atom. The standard InChI is InChI=1S/C21H32N2/c1-2-10-18(11-3-1)21(23-16-8-9-17-23)19-12-4-5-13-20(19)22-14-6-7-15-22/h1-3,10-11,19-21H,4-9,12-17H2/t19-,20+,21+/m0/s1. The molecule has 0 spiro atoms. The molecule has 0 amide bonds. The smallest absolute Gasteiger partial charge is 0.0391 e. The van der Waals surface area contributed by atoms with E-state index in [1.165, 1.54) is 77.5 Å². The van der Waals surface area contributed by atoms with Crippen molar-refractivity contribution >= 4 is 0 Å².